The van der Waals surface area contributed by atoms with Crippen LogP contribution in [0.25, 0.3) is 10.9 Å². The third-order valence-electron chi connectivity index (χ3n) is 11.5. The van der Waals surface area contributed by atoms with E-state index in [0.29, 0.717) is 42.0 Å². The highest BCUT2D eigenvalue weighted by Crippen LogP contribution is 2.64. The Hall–Kier alpha value is -3.50. The molecule has 0 bridgehead atoms. The van der Waals surface area contributed by atoms with Gasteiger partial charge < -0.3 is 15.0 Å². The van der Waals surface area contributed by atoms with Gasteiger partial charge in [-0.25, -0.2) is 0 Å². The minimum Gasteiger partial charge on any atom is -0.393 e. The van der Waals surface area contributed by atoms with Crippen LogP contribution in [0.1, 0.15) is 96.7 Å². The first-order valence-corrected chi connectivity index (χ1v) is 16.1. The van der Waals surface area contributed by atoms with E-state index in [4.69, 9.17) is 0 Å². The zero-order valence-electron chi connectivity index (χ0n) is 26.1. The molecule has 2 fully saturated rings. The van der Waals surface area contributed by atoms with E-state index in [9.17, 15) is 15.2 Å². The highest BCUT2D eigenvalue weighted by atomic mass is 16.3. The van der Waals surface area contributed by atoms with Crippen LogP contribution in [0.4, 0.5) is 5.69 Å². The maximum atomic E-state index is 13.1. The summed E-state index contributed by atoms with van der Waals surface area (Å²) in [4.78, 5) is 21.6. The first-order valence-electron chi connectivity index (χ1n) is 16.1. The van der Waals surface area contributed by atoms with Crippen LogP contribution < -0.4 is 5.32 Å². The minimum atomic E-state index is -0.197. The molecule has 7 nitrogen and oxygen atoms in total. The van der Waals surface area contributed by atoms with Crippen LogP contribution >= 0.6 is 0 Å². The van der Waals surface area contributed by atoms with E-state index in [1.165, 1.54) is 19.3 Å². The summed E-state index contributed by atoms with van der Waals surface area (Å²) >= 11 is 0. The van der Waals surface area contributed by atoms with Gasteiger partial charge in [-0.3, -0.25) is 14.8 Å². The Labute approximate surface area is 255 Å². The third kappa shape index (κ3) is 5.40. The number of hydrogen-bond donors (Lipinski definition) is 2. The van der Waals surface area contributed by atoms with Gasteiger partial charge in [-0.15, -0.1) is 0 Å². The molecule has 0 radical (unpaired) electrons. The van der Waals surface area contributed by atoms with Gasteiger partial charge in [0.1, 0.15) is 6.07 Å². The molecule has 1 amide bonds. The van der Waals surface area contributed by atoms with Gasteiger partial charge in [0.15, 0.2) is 0 Å². The smallest absolute Gasteiger partial charge is 0.224 e. The lowest BCUT2D eigenvalue weighted by molar-refractivity contribution is -0.149. The monoisotopic (exact) mass is 579 g/mol. The molecule has 0 unspecified atom stereocenters. The van der Waals surface area contributed by atoms with E-state index in [1.54, 1.807) is 29.7 Å². The van der Waals surface area contributed by atoms with Crippen molar-refractivity contribution in [2.24, 2.45) is 28.6 Å². The molecular formula is C36H45N5O2. The molecule has 0 saturated heterocycles. The van der Waals surface area contributed by atoms with Crippen molar-refractivity contribution in [1.29, 1.82) is 5.26 Å². The molecule has 43 heavy (non-hydrogen) atoms. The van der Waals surface area contributed by atoms with Crippen molar-refractivity contribution < 1.29 is 9.90 Å². The number of aliphatic hydroxyl groups excluding tert-OH is 1. The number of nitriles is 1. The van der Waals surface area contributed by atoms with Gasteiger partial charge in [-0.2, -0.15) is 5.26 Å². The van der Waals surface area contributed by atoms with Gasteiger partial charge in [-0.1, -0.05) is 31.9 Å². The van der Waals surface area contributed by atoms with Crippen molar-refractivity contribution >= 4 is 22.5 Å². The molecule has 3 aliphatic carbocycles. The van der Waals surface area contributed by atoms with Crippen LogP contribution in [0.5, 0.6) is 0 Å². The Kier molecular flexibility index (Phi) is 7.93. The molecular weight excluding hydrogens is 534 g/mol. The lowest BCUT2D eigenvalue weighted by Crippen LogP contribution is -2.56. The summed E-state index contributed by atoms with van der Waals surface area (Å²) in [6.07, 6.45) is 15.8. The Morgan fingerprint density at radius 2 is 2.02 bits per heavy atom. The summed E-state index contributed by atoms with van der Waals surface area (Å²) in [6.45, 7) is 9.93. The highest BCUT2D eigenvalue weighted by molar-refractivity contribution is 5.95. The number of allylic oxidation sites excluding steroid dienone is 2. The number of nitrogens with zero attached hydrogens (tertiary/aromatic N) is 4. The van der Waals surface area contributed by atoms with Crippen molar-refractivity contribution in [3.63, 3.8) is 0 Å². The summed E-state index contributed by atoms with van der Waals surface area (Å²) in [5, 5.41) is 24.5. The quantitative estimate of drug-likeness (QED) is 0.284. The first kappa shape index (κ1) is 29.6. The van der Waals surface area contributed by atoms with Crippen LogP contribution in [-0.4, -0.2) is 31.7 Å². The molecule has 6 rings (SSSR count). The van der Waals surface area contributed by atoms with Gasteiger partial charge >= 0.3 is 0 Å². The van der Waals surface area contributed by atoms with Crippen LogP contribution in [0.15, 0.2) is 54.1 Å². The SMILES string of the molecule is CC1=C(CCCC(=O)Nc2ccc3c(c2)c(C#N)cn3Cc2cnccn2)[C@@H]2CC[C@H]3C(C)(C)[C@@H](O)CC[C@]3(C)[C@H]2CC1. The number of fused-ring (bicyclic) bond motifs is 4. The molecule has 7 heteroatoms. The number of benzene rings is 1. The molecule has 2 saturated carbocycles. The van der Waals surface area contributed by atoms with E-state index >= 15 is 0 Å². The number of rotatable bonds is 7. The first-order chi connectivity index (χ1) is 20.6. The van der Waals surface area contributed by atoms with Crippen molar-refractivity contribution in [2.45, 2.75) is 98.1 Å². The van der Waals surface area contributed by atoms with Gasteiger partial charge in [-0.05, 0) is 105 Å². The van der Waals surface area contributed by atoms with Gasteiger partial charge in [0.25, 0.3) is 0 Å². The molecule has 5 atom stereocenters. The fourth-order valence-corrected chi connectivity index (χ4v) is 9.27. The summed E-state index contributed by atoms with van der Waals surface area (Å²) in [7, 11) is 0. The Morgan fingerprint density at radius 1 is 1.19 bits per heavy atom. The third-order valence-corrected chi connectivity index (χ3v) is 11.5. The minimum absolute atomic E-state index is 0.0150. The van der Waals surface area contributed by atoms with Crippen LogP contribution in [0, 0.1) is 39.9 Å². The maximum Gasteiger partial charge on any atom is 0.224 e. The molecule has 3 aromatic rings. The number of amides is 1. The zero-order chi connectivity index (χ0) is 30.4. The molecule has 226 valence electrons. The highest BCUT2D eigenvalue weighted by Gasteiger charge is 2.58. The van der Waals surface area contributed by atoms with Gasteiger partial charge in [0.2, 0.25) is 5.91 Å². The summed E-state index contributed by atoms with van der Waals surface area (Å²) in [6, 6.07) is 8.07. The van der Waals surface area contributed by atoms with Crippen molar-refractivity contribution in [3.05, 3.63) is 65.4 Å². The number of nitrogens with one attached hydrogen (secondary N) is 1. The van der Waals surface area contributed by atoms with Crippen molar-refractivity contribution in [2.75, 3.05) is 5.32 Å². The topological polar surface area (TPSA) is 104 Å². The average molecular weight is 580 g/mol. The standard InChI is InChI=1S/C36H45N5O2/c1-23-8-11-30-28(10-13-32-35(2,3)33(42)14-15-36(30,32)4)27(23)6-5-7-34(43)40-25-9-12-31-29(18-25)24(19-37)21-41(31)22-26-20-38-16-17-39-26/h9,12,16-18,20-21,28,30,32-33,42H,5-8,10-11,13-15,22H2,1-4H3,(H,40,43)/t28-,30-,32-,33-,36+/m0/s1. The molecule has 0 spiro atoms. The van der Waals surface area contributed by atoms with E-state index in [2.05, 4.69) is 49.0 Å². The number of aromatic nitrogens is 3. The maximum absolute atomic E-state index is 13.1. The Morgan fingerprint density at radius 3 is 2.79 bits per heavy atom. The fourth-order valence-electron chi connectivity index (χ4n) is 9.27. The van der Waals surface area contributed by atoms with E-state index in [0.717, 1.165) is 48.7 Å². The van der Waals surface area contributed by atoms with Crippen LogP contribution in [-0.2, 0) is 11.3 Å². The summed E-state index contributed by atoms with van der Waals surface area (Å²) < 4.78 is 2.00. The Bertz CT molecular complexity index is 1580. The van der Waals surface area contributed by atoms with Crippen molar-refractivity contribution in [1.82, 2.24) is 14.5 Å². The largest absolute Gasteiger partial charge is 0.393 e. The van der Waals surface area contributed by atoms with Gasteiger partial charge in [0.05, 0.1) is 30.1 Å². The number of carbonyl (C=O) groups excluding carboxylic acids is 1. The summed E-state index contributed by atoms with van der Waals surface area (Å²) in [5.41, 5.74) is 6.44. The lowest BCUT2D eigenvalue weighted by Gasteiger charge is -2.62. The molecule has 3 aliphatic rings. The van der Waals surface area contributed by atoms with E-state index in [1.807, 2.05) is 29.0 Å². The van der Waals surface area contributed by atoms with Crippen LogP contribution in [0.3, 0.4) is 0 Å². The predicted molar refractivity (Wildman–Crippen MR) is 169 cm³/mol. The molecule has 2 aromatic heterocycles. The number of hydrogen-bond acceptors (Lipinski definition) is 5. The number of aliphatic hydroxyl groups is 1. The average Bonchev–Trinajstić information content (AvgIpc) is 3.33. The Balaban J connectivity index is 1.09. The second kappa shape index (κ2) is 11.5. The van der Waals surface area contributed by atoms with Gasteiger partial charge in [0, 0.05) is 41.6 Å². The molecule has 2 N–H and O–H groups in total. The molecule has 0 aliphatic heterocycles. The van der Waals surface area contributed by atoms with Crippen molar-refractivity contribution in [3.8, 4) is 6.07 Å². The summed E-state index contributed by atoms with van der Waals surface area (Å²) in [5.74, 6) is 1.87. The lowest BCUT2D eigenvalue weighted by atomic mass is 9.43. The predicted octanol–water partition coefficient (Wildman–Crippen LogP) is 7.40. The zero-order valence-corrected chi connectivity index (χ0v) is 26.1. The fraction of sp³-hybridized carbons (Fsp3) is 0.556. The van der Waals surface area contributed by atoms with E-state index in [-0.39, 0.29) is 22.8 Å². The number of carbonyl (C=O) groups is 1. The molecule has 1 aromatic carbocycles. The van der Waals surface area contributed by atoms with E-state index < -0.39 is 0 Å². The molecule has 2 heterocycles. The normalized spacial score (nSPS) is 28.2. The number of anilines is 1. The van der Waals surface area contributed by atoms with Crippen LogP contribution in [0.2, 0.25) is 0 Å². The second-order valence-corrected chi connectivity index (χ2v) is 14.2. The second-order valence-electron chi connectivity index (χ2n) is 14.2.